The molecule has 0 N–H and O–H groups in total. The second-order valence-corrected chi connectivity index (χ2v) is 20.1. The van der Waals surface area contributed by atoms with Gasteiger partial charge in [0.2, 0.25) is 0 Å². The third kappa shape index (κ3) is 5.86. The van der Waals surface area contributed by atoms with Gasteiger partial charge < -0.3 is 0 Å². The largest absolute Gasteiger partial charge is 0.286 e. The minimum absolute atomic E-state index is 0.814. The summed E-state index contributed by atoms with van der Waals surface area (Å²) in [5, 5.41) is 0. The highest BCUT2D eigenvalue weighted by Gasteiger charge is 2.53. The number of hydrogen-bond donors (Lipinski definition) is 0. The summed E-state index contributed by atoms with van der Waals surface area (Å²) in [4.78, 5) is 0. The molecular formula is C50H52N2P2. The van der Waals surface area contributed by atoms with Crippen LogP contribution in [-0.4, -0.2) is 0 Å². The zero-order valence-corrected chi connectivity index (χ0v) is 35.8. The quantitative estimate of drug-likeness (QED) is 0.157. The Labute approximate surface area is 326 Å². The summed E-state index contributed by atoms with van der Waals surface area (Å²) >= 11 is 0. The third-order valence-electron chi connectivity index (χ3n) is 11.4. The lowest BCUT2D eigenvalue weighted by Crippen LogP contribution is -2.33. The molecule has 3 aliphatic rings. The molecule has 2 nitrogen and oxygen atoms in total. The van der Waals surface area contributed by atoms with Crippen molar-refractivity contribution < 1.29 is 0 Å². The smallest absolute Gasteiger partial charge is 0.131 e. The van der Waals surface area contributed by atoms with Crippen molar-refractivity contribution in [3.8, 4) is 44.5 Å². The fourth-order valence-corrected chi connectivity index (χ4v) is 16.0. The molecule has 1 fully saturated rings. The molecule has 3 heterocycles. The highest BCUT2D eigenvalue weighted by atomic mass is 31.3. The van der Waals surface area contributed by atoms with E-state index in [2.05, 4.69) is 189 Å². The molecule has 2 bridgehead atoms. The van der Waals surface area contributed by atoms with Gasteiger partial charge in [0.25, 0.3) is 0 Å². The average Bonchev–Trinajstić information content (AvgIpc) is 3.69. The summed E-state index contributed by atoms with van der Waals surface area (Å²) < 4.78 is 5.66. The number of aryl methyl sites for hydroxylation is 12. The van der Waals surface area contributed by atoms with Crippen LogP contribution in [0.25, 0.3) is 44.5 Å². The SMILES string of the molecule is Cc1cc(C)c(-c2cccc(-c3c(C)cc(C)cc3C)c2N2P3C=CP2N3c2c(-c3c(C)cc(C)cc3C)cccc2-c2c(C)cc(C)cc2C)c(C)c1. The van der Waals surface area contributed by atoms with Crippen LogP contribution in [0.4, 0.5) is 11.4 Å². The van der Waals surface area contributed by atoms with Gasteiger partial charge in [-0.15, -0.1) is 0 Å². The van der Waals surface area contributed by atoms with E-state index in [1.165, 1.54) is 123 Å². The fraction of sp³-hybridized carbons (Fsp3) is 0.240. The van der Waals surface area contributed by atoms with Gasteiger partial charge in [0.05, 0.1) is 11.4 Å². The molecule has 6 aromatic carbocycles. The van der Waals surface area contributed by atoms with Crippen LogP contribution in [0.1, 0.15) is 66.8 Å². The highest BCUT2D eigenvalue weighted by molar-refractivity contribution is 8.00. The van der Waals surface area contributed by atoms with Gasteiger partial charge in [0.1, 0.15) is 16.4 Å². The van der Waals surface area contributed by atoms with Crippen LogP contribution < -0.4 is 8.88 Å². The Morgan fingerprint density at radius 2 is 0.519 bits per heavy atom. The molecule has 0 radical (unpaired) electrons. The van der Waals surface area contributed by atoms with Crippen molar-refractivity contribution in [3.05, 3.63) is 163 Å². The maximum absolute atomic E-state index is 2.83. The van der Waals surface area contributed by atoms with Crippen LogP contribution in [0.15, 0.2) is 96.6 Å². The first-order chi connectivity index (χ1) is 25.7. The van der Waals surface area contributed by atoms with Crippen LogP contribution in [0.3, 0.4) is 0 Å². The van der Waals surface area contributed by atoms with Crippen molar-refractivity contribution in [2.24, 2.45) is 0 Å². The first-order valence-corrected chi connectivity index (χ1v) is 21.8. The molecule has 54 heavy (non-hydrogen) atoms. The van der Waals surface area contributed by atoms with Gasteiger partial charge in [0.15, 0.2) is 0 Å². The molecule has 0 atom stereocenters. The maximum atomic E-state index is 2.83. The van der Waals surface area contributed by atoms with Gasteiger partial charge in [-0.3, -0.25) is 8.88 Å². The summed E-state index contributed by atoms with van der Waals surface area (Å²) in [5.41, 5.74) is 29.5. The Morgan fingerprint density at radius 3 is 0.722 bits per heavy atom. The van der Waals surface area contributed by atoms with Crippen LogP contribution in [0.5, 0.6) is 0 Å². The first-order valence-electron chi connectivity index (χ1n) is 19.2. The fourth-order valence-electron chi connectivity index (χ4n) is 9.84. The van der Waals surface area contributed by atoms with Gasteiger partial charge in [-0.25, -0.2) is 0 Å². The monoisotopic (exact) mass is 742 g/mol. The van der Waals surface area contributed by atoms with Gasteiger partial charge >= 0.3 is 0 Å². The van der Waals surface area contributed by atoms with E-state index in [1.807, 2.05) is 0 Å². The van der Waals surface area contributed by atoms with E-state index in [0.717, 1.165) is 0 Å². The predicted octanol–water partition coefficient (Wildman–Crippen LogP) is 15.5. The van der Waals surface area contributed by atoms with Gasteiger partial charge in [0, 0.05) is 22.3 Å². The average molecular weight is 743 g/mol. The van der Waals surface area contributed by atoms with Gasteiger partial charge in [-0.05, 0) is 161 Å². The van der Waals surface area contributed by atoms with E-state index in [-0.39, 0.29) is 0 Å². The Balaban J connectivity index is 1.39. The molecule has 6 aromatic rings. The number of rotatable bonds is 6. The van der Waals surface area contributed by atoms with Crippen LogP contribution in [0, 0.1) is 83.1 Å². The molecule has 0 saturated carbocycles. The molecule has 1 saturated heterocycles. The van der Waals surface area contributed by atoms with Crippen molar-refractivity contribution in [3.63, 3.8) is 0 Å². The van der Waals surface area contributed by atoms with Gasteiger partial charge in [-0.2, -0.15) is 0 Å². The van der Waals surface area contributed by atoms with Crippen LogP contribution in [0.2, 0.25) is 0 Å². The van der Waals surface area contributed by atoms with Crippen molar-refractivity contribution in [1.29, 1.82) is 0 Å². The van der Waals surface area contributed by atoms with E-state index >= 15 is 0 Å². The standard InChI is InChI=1S/C50H52N2P2/c1-29-21-33(5)45(34(6)22-29)41-15-13-16-42(46-35(7)23-30(2)24-36(46)8)49(41)51-53-19-20-54(51)52(53)50-43(47-37(9)25-31(3)26-38(47)10)17-14-18-44(50)48-39(11)27-32(4)28-40(48)12/h13-28H,1-12H3. The predicted molar refractivity (Wildman–Crippen MR) is 239 cm³/mol. The summed E-state index contributed by atoms with van der Waals surface area (Å²) in [7, 11) is -1.63. The Bertz CT molecular complexity index is 2130. The van der Waals surface area contributed by atoms with Crippen molar-refractivity contribution in [1.82, 2.24) is 0 Å². The topological polar surface area (TPSA) is 6.48 Å². The van der Waals surface area contributed by atoms with Crippen molar-refractivity contribution in [2.75, 3.05) is 8.88 Å². The van der Waals surface area contributed by atoms with Crippen LogP contribution in [-0.2, 0) is 0 Å². The second kappa shape index (κ2) is 13.7. The Hall–Kier alpha value is -4.48. The zero-order valence-electron chi connectivity index (χ0n) is 34.0. The molecule has 0 aliphatic carbocycles. The lowest BCUT2D eigenvalue weighted by Gasteiger charge is -2.54. The number of anilines is 2. The van der Waals surface area contributed by atoms with E-state index in [1.54, 1.807) is 0 Å². The third-order valence-corrected chi connectivity index (χ3v) is 17.0. The lowest BCUT2D eigenvalue weighted by molar-refractivity contribution is 1.30. The van der Waals surface area contributed by atoms with Crippen LogP contribution >= 0.6 is 16.4 Å². The number of hydrogen-bond acceptors (Lipinski definition) is 2. The maximum Gasteiger partial charge on any atom is 0.131 e. The number of para-hydroxylation sites is 2. The first kappa shape index (κ1) is 36.5. The van der Waals surface area contributed by atoms with E-state index in [4.69, 9.17) is 0 Å². The number of benzene rings is 6. The molecule has 0 spiro atoms. The molecule has 0 aromatic heterocycles. The van der Waals surface area contributed by atoms with Gasteiger partial charge in [-0.1, -0.05) is 107 Å². The molecule has 9 rings (SSSR count). The molecule has 272 valence electrons. The summed E-state index contributed by atoms with van der Waals surface area (Å²) in [6.45, 7) is 27.2. The molecule has 0 amide bonds. The minimum Gasteiger partial charge on any atom is -0.286 e. The van der Waals surface area contributed by atoms with Crippen molar-refractivity contribution in [2.45, 2.75) is 83.1 Å². The second-order valence-electron chi connectivity index (χ2n) is 16.0. The van der Waals surface area contributed by atoms with E-state index in [9.17, 15) is 0 Å². The normalized spacial score (nSPS) is 16.0. The summed E-state index contributed by atoms with van der Waals surface area (Å²) in [5.74, 6) is 5.07. The zero-order chi connectivity index (χ0) is 38.3. The van der Waals surface area contributed by atoms with E-state index < -0.39 is 16.4 Å². The lowest BCUT2D eigenvalue weighted by atomic mass is 9.87. The Kier molecular flexibility index (Phi) is 9.24. The molecule has 4 heteroatoms. The van der Waals surface area contributed by atoms with E-state index in [0.29, 0.717) is 0 Å². The summed E-state index contributed by atoms with van der Waals surface area (Å²) in [6.07, 6.45) is 0. The number of nitrogens with zero attached hydrogens (tertiary/aromatic N) is 2. The summed E-state index contributed by atoms with van der Waals surface area (Å²) in [6, 6.07) is 33.0. The minimum atomic E-state index is -0.814. The van der Waals surface area contributed by atoms with Crippen molar-refractivity contribution >= 4 is 27.8 Å². The molecule has 3 aliphatic heterocycles. The molecule has 0 unspecified atom stereocenters. The molecular weight excluding hydrogens is 691 g/mol. The highest BCUT2D eigenvalue weighted by Crippen LogP contribution is 2.86. The Morgan fingerprint density at radius 1 is 0.315 bits per heavy atom.